The van der Waals surface area contributed by atoms with E-state index in [2.05, 4.69) is 28.5 Å². The number of rotatable bonds is 2. The van der Waals surface area contributed by atoms with E-state index in [9.17, 15) is 0 Å². The van der Waals surface area contributed by atoms with E-state index in [4.69, 9.17) is 5.26 Å². The molecule has 1 N–H and O–H groups in total. The van der Waals surface area contributed by atoms with Gasteiger partial charge in [0.05, 0.1) is 11.6 Å². The highest BCUT2D eigenvalue weighted by Gasteiger charge is 2.09. The number of aromatic nitrogens is 1. The van der Waals surface area contributed by atoms with Crippen LogP contribution in [0.3, 0.4) is 0 Å². The fraction of sp³-hybridized carbons (Fsp3) is 0.333. The van der Waals surface area contributed by atoms with Crippen LogP contribution in [-0.2, 0) is 0 Å². The number of pyridine rings is 1. The zero-order valence-electron chi connectivity index (χ0n) is 8.48. The second kappa shape index (κ2) is 4.61. The molecule has 1 atom stereocenters. The van der Waals surface area contributed by atoms with Gasteiger partial charge in [-0.25, -0.2) is 4.98 Å². The maximum atomic E-state index is 8.75. The molecule has 3 heteroatoms. The fourth-order valence-electron chi connectivity index (χ4n) is 1.71. The molecule has 0 bridgehead atoms. The molecule has 0 saturated heterocycles. The topological polar surface area (TPSA) is 48.7 Å². The summed E-state index contributed by atoms with van der Waals surface area (Å²) < 4.78 is 0. The summed E-state index contributed by atoms with van der Waals surface area (Å²) >= 11 is 0. The SMILES string of the molecule is N#Cc1ccnc(NC2CC=CCC2)c1. The van der Waals surface area contributed by atoms with Gasteiger partial charge >= 0.3 is 0 Å². The number of anilines is 1. The van der Waals surface area contributed by atoms with Crippen LogP contribution in [0.15, 0.2) is 30.5 Å². The van der Waals surface area contributed by atoms with Crippen LogP contribution < -0.4 is 5.32 Å². The summed E-state index contributed by atoms with van der Waals surface area (Å²) in [6.07, 6.45) is 9.36. The first-order valence-corrected chi connectivity index (χ1v) is 5.16. The van der Waals surface area contributed by atoms with Gasteiger partial charge in [-0.3, -0.25) is 0 Å². The highest BCUT2D eigenvalue weighted by atomic mass is 15.0. The molecule has 1 aromatic rings. The summed E-state index contributed by atoms with van der Waals surface area (Å²) in [5.41, 5.74) is 0.652. The molecular formula is C12H13N3. The minimum atomic E-state index is 0.455. The van der Waals surface area contributed by atoms with Crippen LogP contribution >= 0.6 is 0 Å². The average molecular weight is 199 g/mol. The Morgan fingerprint density at radius 3 is 3.13 bits per heavy atom. The van der Waals surface area contributed by atoms with Crippen molar-refractivity contribution in [2.24, 2.45) is 0 Å². The van der Waals surface area contributed by atoms with E-state index in [-0.39, 0.29) is 0 Å². The van der Waals surface area contributed by atoms with Gasteiger partial charge in [-0.2, -0.15) is 5.26 Å². The molecule has 76 valence electrons. The molecule has 1 aromatic heterocycles. The van der Waals surface area contributed by atoms with Crippen LogP contribution in [0, 0.1) is 11.3 Å². The molecule has 1 aliphatic carbocycles. The van der Waals surface area contributed by atoms with Crippen molar-refractivity contribution in [1.29, 1.82) is 5.26 Å². The van der Waals surface area contributed by atoms with Gasteiger partial charge < -0.3 is 5.32 Å². The van der Waals surface area contributed by atoms with Crippen molar-refractivity contribution >= 4 is 5.82 Å². The minimum absolute atomic E-state index is 0.455. The number of nitriles is 1. The van der Waals surface area contributed by atoms with E-state index in [0.717, 1.165) is 25.1 Å². The lowest BCUT2D eigenvalue weighted by Crippen LogP contribution is -2.20. The van der Waals surface area contributed by atoms with Crippen LogP contribution in [0.1, 0.15) is 24.8 Å². The fourth-order valence-corrected chi connectivity index (χ4v) is 1.71. The average Bonchev–Trinajstić information content (AvgIpc) is 2.31. The Morgan fingerprint density at radius 2 is 2.40 bits per heavy atom. The summed E-state index contributed by atoms with van der Waals surface area (Å²) in [7, 11) is 0. The maximum absolute atomic E-state index is 8.75. The Bertz CT molecular complexity index is 404. The van der Waals surface area contributed by atoms with Gasteiger partial charge in [0.1, 0.15) is 5.82 Å². The number of nitrogens with zero attached hydrogens (tertiary/aromatic N) is 2. The van der Waals surface area contributed by atoms with Crippen LogP contribution in [0.2, 0.25) is 0 Å². The van der Waals surface area contributed by atoms with Crippen molar-refractivity contribution in [3.8, 4) is 6.07 Å². The molecule has 0 amide bonds. The third-order valence-corrected chi connectivity index (χ3v) is 2.51. The lowest BCUT2D eigenvalue weighted by Gasteiger charge is -2.19. The summed E-state index contributed by atoms with van der Waals surface area (Å²) in [5.74, 6) is 0.800. The van der Waals surface area contributed by atoms with Crippen molar-refractivity contribution in [1.82, 2.24) is 4.98 Å². The van der Waals surface area contributed by atoms with Crippen LogP contribution in [0.4, 0.5) is 5.82 Å². The monoisotopic (exact) mass is 199 g/mol. The van der Waals surface area contributed by atoms with E-state index in [1.807, 2.05) is 0 Å². The highest BCUT2D eigenvalue weighted by Crippen LogP contribution is 2.16. The first kappa shape index (κ1) is 9.72. The van der Waals surface area contributed by atoms with Crippen LogP contribution in [0.5, 0.6) is 0 Å². The summed E-state index contributed by atoms with van der Waals surface area (Å²) in [5, 5.41) is 12.1. The molecule has 1 heterocycles. The predicted octanol–water partition coefficient (Wildman–Crippen LogP) is 2.47. The molecule has 1 aliphatic rings. The molecule has 0 aliphatic heterocycles. The van der Waals surface area contributed by atoms with Gasteiger partial charge in [-0.1, -0.05) is 12.2 Å². The maximum Gasteiger partial charge on any atom is 0.127 e. The van der Waals surface area contributed by atoms with Crippen LogP contribution in [0.25, 0.3) is 0 Å². The van der Waals surface area contributed by atoms with Crippen LogP contribution in [-0.4, -0.2) is 11.0 Å². The Kier molecular flexibility index (Phi) is 2.99. The number of hydrogen-bond donors (Lipinski definition) is 1. The smallest absolute Gasteiger partial charge is 0.127 e. The van der Waals surface area contributed by atoms with E-state index in [1.54, 1.807) is 18.3 Å². The van der Waals surface area contributed by atoms with Crippen molar-refractivity contribution in [2.45, 2.75) is 25.3 Å². The lowest BCUT2D eigenvalue weighted by molar-refractivity contribution is 0.642. The molecule has 0 radical (unpaired) electrons. The number of nitrogens with one attached hydrogen (secondary N) is 1. The Balaban J connectivity index is 2.04. The molecule has 15 heavy (non-hydrogen) atoms. The second-order valence-electron chi connectivity index (χ2n) is 3.67. The second-order valence-corrected chi connectivity index (χ2v) is 3.67. The van der Waals surface area contributed by atoms with Gasteiger partial charge in [0.2, 0.25) is 0 Å². The predicted molar refractivity (Wildman–Crippen MR) is 59.4 cm³/mol. The highest BCUT2D eigenvalue weighted by molar-refractivity contribution is 5.43. The summed E-state index contributed by atoms with van der Waals surface area (Å²) in [6, 6.07) is 6.07. The normalized spacial score (nSPS) is 19.5. The van der Waals surface area contributed by atoms with E-state index in [1.165, 1.54) is 0 Å². The molecule has 2 rings (SSSR count). The van der Waals surface area contributed by atoms with Crippen molar-refractivity contribution < 1.29 is 0 Å². The molecule has 3 nitrogen and oxygen atoms in total. The summed E-state index contributed by atoms with van der Waals surface area (Å²) in [4.78, 5) is 4.20. The van der Waals surface area contributed by atoms with E-state index >= 15 is 0 Å². The minimum Gasteiger partial charge on any atom is -0.367 e. The number of allylic oxidation sites excluding steroid dienone is 1. The first-order valence-electron chi connectivity index (χ1n) is 5.16. The van der Waals surface area contributed by atoms with E-state index < -0.39 is 0 Å². The van der Waals surface area contributed by atoms with Gasteiger partial charge in [0.15, 0.2) is 0 Å². The van der Waals surface area contributed by atoms with Gasteiger partial charge in [0.25, 0.3) is 0 Å². The van der Waals surface area contributed by atoms with Crippen molar-refractivity contribution in [2.75, 3.05) is 5.32 Å². The first-order chi connectivity index (χ1) is 7.38. The third-order valence-electron chi connectivity index (χ3n) is 2.51. The Hall–Kier alpha value is -1.82. The Morgan fingerprint density at radius 1 is 1.47 bits per heavy atom. The summed E-state index contributed by atoms with van der Waals surface area (Å²) in [6.45, 7) is 0. The number of hydrogen-bond acceptors (Lipinski definition) is 3. The molecule has 1 unspecified atom stereocenters. The third kappa shape index (κ3) is 2.57. The zero-order chi connectivity index (χ0) is 10.5. The molecule has 0 saturated carbocycles. The zero-order valence-corrected chi connectivity index (χ0v) is 8.48. The van der Waals surface area contributed by atoms with Gasteiger partial charge in [-0.05, 0) is 31.4 Å². The quantitative estimate of drug-likeness (QED) is 0.744. The van der Waals surface area contributed by atoms with E-state index in [0.29, 0.717) is 11.6 Å². The molecular weight excluding hydrogens is 186 g/mol. The molecule has 0 fully saturated rings. The molecule has 0 aromatic carbocycles. The standard InChI is InChI=1S/C12H13N3/c13-9-10-6-7-14-12(8-10)15-11-4-2-1-3-5-11/h1-2,6-8,11H,3-5H2,(H,14,15). The van der Waals surface area contributed by atoms with Gasteiger partial charge in [0, 0.05) is 12.2 Å². The Labute approximate surface area is 89.5 Å². The van der Waals surface area contributed by atoms with Gasteiger partial charge in [-0.15, -0.1) is 0 Å². The van der Waals surface area contributed by atoms with Crippen molar-refractivity contribution in [3.63, 3.8) is 0 Å². The molecule has 0 spiro atoms. The van der Waals surface area contributed by atoms with Crippen molar-refractivity contribution in [3.05, 3.63) is 36.0 Å². The largest absolute Gasteiger partial charge is 0.367 e. The lowest BCUT2D eigenvalue weighted by atomic mass is 10.0.